The molecule has 0 saturated heterocycles. The fourth-order valence-electron chi connectivity index (χ4n) is 2.05. The van der Waals surface area contributed by atoms with Crippen LogP contribution in [-0.4, -0.2) is 28.0 Å². The lowest BCUT2D eigenvalue weighted by Crippen LogP contribution is -2.35. The van der Waals surface area contributed by atoms with E-state index in [-0.39, 0.29) is 5.41 Å². The van der Waals surface area contributed by atoms with E-state index >= 15 is 0 Å². The molecule has 16 heavy (non-hydrogen) atoms. The van der Waals surface area contributed by atoms with E-state index in [1.54, 1.807) is 7.11 Å². The fourth-order valence-corrected chi connectivity index (χ4v) is 2.30. The Hall–Kier alpha value is -0.610. The van der Waals surface area contributed by atoms with Gasteiger partial charge >= 0.3 is 0 Å². The zero-order chi connectivity index (χ0) is 11.9. The maximum Gasteiger partial charge on any atom is 0.225 e. The molecule has 90 valence electrons. The number of ether oxygens (including phenoxy) is 1. The van der Waals surface area contributed by atoms with Crippen LogP contribution in [0.1, 0.15) is 45.5 Å². The van der Waals surface area contributed by atoms with Gasteiger partial charge in [0.05, 0.1) is 6.10 Å². The second-order valence-corrected chi connectivity index (χ2v) is 5.73. The number of nitrogens with zero attached hydrogens (tertiary/aromatic N) is 3. The van der Waals surface area contributed by atoms with Crippen LogP contribution < -0.4 is 0 Å². The smallest absolute Gasteiger partial charge is 0.225 e. The third kappa shape index (κ3) is 1.96. The summed E-state index contributed by atoms with van der Waals surface area (Å²) in [6.07, 6.45) is 2.35. The molecule has 0 amide bonds. The van der Waals surface area contributed by atoms with Crippen molar-refractivity contribution in [3.05, 3.63) is 11.1 Å². The van der Waals surface area contributed by atoms with Crippen LogP contribution in [0.5, 0.6) is 0 Å². The monoisotopic (exact) mass is 243 g/mol. The SMILES string of the molecule is COC1CC(n2c(Cl)nnc2C(C)(C)C)C1. The summed E-state index contributed by atoms with van der Waals surface area (Å²) in [5.41, 5.74) is -0.0295. The van der Waals surface area contributed by atoms with E-state index in [0.29, 0.717) is 17.4 Å². The Balaban J connectivity index is 2.24. The summed E-state index contributed by atoms with van der Waals surface area (Å²) in [7, 11) is 1.75. The van der Waals surface area contributed by atoms with Gasteiger partial charge in [0.2, 0.25) is 5.28 Å². The molecule has 1 aromatic heterocycles. The third-order valence-electron chi connectivity index (χ3n) is 3.09. The third-order valence-corrected chi connectivity index (χ3v) is 3.35. The Morgan fingerprint density at radius 1 is 1.31 bits per heavy atom. The molecule has 1 fully saturated rings. The number of hydrogen-bond acceptors (Lipinski definition) is 3. The standard InChI is InChI=1S/C11H18ClN3O/c1-11(2,3)9-13-14-10(12)15(9)7-5-8(6-7)16-4/h7-8H,5-6H2,1-4H3. The van der Waals surface area contributed by atoms with E-state index in [9.17, 15) is 0 Å². The highest BCUT2D eigenvalue weighted by atomic mass is 35.5. The summed E-state index contributed by atoms with van der Waals surface area (Å²) in [6, 6.07) is 0.390. The maximum atomic E-state index is 6.10. The Morgan fingerprint density at radius 3 is 2.44 bits per heavy atom. The van der Waals surface area contributed by atoms with Crippen LogP contribution in [0.15, 0.2) is 0 Å². The number of hydrogen-bond donors (Lipinski definition) is 0. The van der Waals surface area contributed by atoms with E-state index in [1.807, 2.05) is 0 Å². The molecule has 1 aliphatic carbocycles. The van der Waals surface area contributed by atoms with Crippen LogP contribution in [0.2, 0.25) is 5.28 Å². The molecule has 0 aromatic carbocycles. The van der Waals surface area contributed by atoms with E-state index in [0.717, 1.165) is 18.7 Å². The minimum atomic E-state index is -0.0295. The Labute approximate surface area is 101 Å². The number of methoxy groups -OCH3 is 1. The van der Waals surface area contributed by atoms with Gasteiger partial charge in [-0.25, -0.2) is 0 Å². The molecular formula is C11H18ClN3O. The number of aromatic nitrogens is 3. The normalized spacial score (nSPS) is 25.6. The summed E-state index contributed by atoms with van der Waals surface area (Å²) < 4.78 is 7.34. The van der Waals surface area contributed by atoms with Gasteiger partial charge in [-0.1, -0.05) is 20.8 Å². The molecule has 0 aliphatic heterocycles. The molecule has 2 rings (SSSR count). The van der Waals surface area contributed by atoms with Gasteiger partial charge in [-0.3, -0.25) is 4.57 Å². The highest BCUT2D eigenvalue weighted by Gasteiger charge is 2.35. The summed E-state index contributed by atoms with van der Waals surface area (Å²) >= 11 is 6.10. The summed E-state index contributed by atoms with van der Waals surface area (Å²) in [6.45, 7) is 6.36. The fraction of sp³-hybridized carbons (Fsp3) is 0.818. The van der Waals surface area contributed by atoms with Gasteiger partial charge in [0.15, 0.2) is 0 Å². The molecule has 5 heteroatoms. The lowest BCUT2D eigenvalue weighted by Gasteiger charge is -2.37. The molecule has 0 bridgehead atoms. The van der Waals surface area contributed by atoms with Crippen molar-refractivity contribution >= 4 is 11.6 Å². The summed E-state index contributed by atoms with van der Waals surface area (Å²) in [4.78, 5) is 0. The van der Waals surface area contributed by atoms with Crippen molar-refractivity contribution < 1.29 is 4.74 Å². The average Bonchev–Trinajstić information content (AvgIpc) is 2.46. The van der Waals surface area contributed by atoms with E-state index in [1.165, 1.54) is 0 Å². The van der Waals surface area contributed by atoms with E-state index in [2.05, 4.69) is 35.5 Å². The first-order chi connectivity index (χ1) is 7.43. The van der Waals surface area contributed by atoms with Crippen molar-refractivity contribution in [2.75, 3.05) is 7.11 Å². The Bertz CT molecular complexity index is 377. The van der Waals surface area contributed by atoms with Gasteiger partial charge in [0.25, 0.3) is 0 Å². The Morgan fingerprint density at radius 2 is 1.94 bits per heavy atom. The number of halogens is 1. The maximum absolute atomic E-state index is 6.10. The Kier molecular flexibility index (Phi) is 2.97. The van der Waals surface area contributed by atoms with Crippen LogP contribution >= 0.6 is 11.6 Å². The molecular weight excluding hydrogens is 226 g/mol. The topological polar surface area (TPSA) is 39.9 Å². The lowest BCUT2D eigenvalue weighted by atomic mass is 9.87. The van der Waals surface area contributed by atoms with Crippen LogP contribution in [-0.2, 0) is 10.2 Å². The highest BCUT2D eigenvalue weighted by molar-refractivity contribution is 6.28. The first-order valence-corrected chi connectivity index (χ1v) is 5.95. The molecule has 0 N–H and O–H groups in total. The molecule has 0 radical (unpaired) electrons. The molecule has 1 aromatic rings. The molecule has 4 nitrogen and oxygen atoms in total. The molecule has 0 spiro atoms. The molecule has 0 atom stereocenters. The van der Waals surface area contributed by atoms with Crippen LogP contribution in [0.4, 0.5) is 0 Å². The van der Waals surface area contributed by atoms with Crippen LogP contribution in [0, 0.1) is 0 Å². The molecule has 0 unspecified atom stereocenters. The summed E-state index contributed by atoms with van der Waals surface area (Å²) in [5.74, 6) is 0.956. The van der Waals surface area contributed by atoms with Gasteiger partial charge in [0.1, 0.15) is 5.82 Å². The minimum Gasteiger partial charge on any atom is -0.381 e. The second-order valence-electron chi connectivity index (χ2n) is 5.40. The van der Waals surface area contributed by atoms with Crippen molar-refractivity contribution in [1.29, 1.82) is 0 Å². The average molecular weight is 244 g/mol. The van der Waals surface area contributed by atoms with Crippen molar-refractivity contribution in [3.8, 4) is 0 Å². The zero-order valence-electron chi connectivity index (χ0n) is 10.2. The van der Waals surface area contributed by atoms with Gasteiger partial charge in [-0.05, 0) is 24.4 Å². The van der Waals surface area contributed by atoms with E-state index < -0.39 is 0 Å². The zero-order valence-corrected chi connectivity index (χ0v) is 11.0. The van der Waals surface area contributed by atoms with Gasteiger partial charge in [-0.15, -0.1) is 10.2 Å². The quantitative estimate of drug-likeness (QED) is 0.802. The predicted octanol–water partition coefficient (Wildman–Crippen LogP) is 2.58. The second kappa shape index (κ2) is 4.00. The molecule has 1 saturated carbocycles. The molecule has 1 heterocycles. The summed E-state index contributed by atoms with van der Waals surface area (Å²) in [5, 5.41) is 8.65. The minimum absolute atomic E-state index is 0.0295. The van der Waals surface area contributed by atoms with Gasteiger partial charge < -0.3 is 4.74 Å². The van der Waals surface area contributed by atoms with Crippen molar-refractivity contribution in [2.24, 2.45) is 0 Å². The largest absolute Gasteiger partial charge is 0.381 e. The van der Waals surface area contributed by atoms with Crippen LogP contribution in [0.3, 0.4) is 0 Å². The lowest BCUT2D eigenvalue weighted by molar-refractivity contribution is 0.00468. The first kappa shape index (κ1) is 11.9. The highest BCUT2D eigenvalue weighted by Crippen LogP contribution is 2.38. The number of rotatable bonds is 2. The van der Waals surface area contributed by atoms with E-state index in [4.69, 9.17) is 16.3 Å². The van der Waals surface area contributed by atoms with Crippen molar-refractivity contribution in [1.82, 2.24) is 14.8 Å². The van der Waals surface area contributed by atoms with Crippen molar-refractivity contribution in [2.45, 2.75) is 51.2 Å². The van der Waals surface area contributed by atoms with Crippen molar-refractivity contribution in [3.63, 3.8) is 0 Å². The van der Waals surface area contributed by atoms with Crippen LogP contribution in [0.25, 0.3) is 0 Å². The molecule has 1 aliphatic rings. The van der Waals surface area contributed by atoms with Gasteiger partial charge in [-0.2, -0.15) is 0 Å². The first-order valence-electron chi connectivity index (χ1n) is 5.57. The predicted molar refractivity (Wildman–Crippen MR) is 62.8 cm³/mol. The van der Waals surface area contributed by atoms with Gasteiger partial charge in [0, 0.05) is 18.6 Å².